The number of carbonyl (C=O) groups excluding carboxylic acids is 3. The maximum Gasteiger partial charge on any atom is 0.320 e. The van der Waals surface area contributed by atoms with Crippen LogP contribution in [-0.4, -0.2) is 54.2 Å². The van der Waals surface area contributed by atoms with E-state index in [0.717, 1.165) is 19.3 Å². The van der Waals surface area contributed by atoms with Crippen LogP contribution in [0.5, 0.6) is 5.75 Å². The summed E-state index contributed by atoms with van der Waals surface area (Å²) in [5.41, 5.74) is 1.44. The summed E-state index contributed by atoms with van der Waals surface area (Å²) in [5.74, 6) is -0.219. The Morgan fingerprint density at radius 3 is 2.43 bits per heavy atom. The molecule has 30 heavy (non-hydrogen) atoms. The van der Waals surface area contributed by atoms with Crippen LogP contribution < -0.4 is 20.9 Å². The first-order chi connectivity index (χ1) is 14.2. The molecule has 1 aliphatic rings. The minimum atomic E-state index is -0.876. The molecule has 9 heteroatoms. The molecule has 0 aromatic heterocycles. The van der Waals surface area contributed by atoms with Crippen molar-refractivity contribution in [3.05, 3.63) is 24.3 Å². The maximum absolute atomic E-state index is 13.3. The second kappa shape index (κ2) is 10.3. The molecule has 1 atom stereocenters. The van der Waals surface area contributed by atoms with E-state index in [4.69, 9.17) is 9.94 Å². The molecule has 1 saturated carbocycles. The Bertz CT molecular complexity index is 758. The Kier molecular flexibility index (Phi) is 8.05. The fraction of sp³-hybridized carbons (Fsp3) is 0.571. The summed E-state index contributed by atoms with van der Waals surface area (Å²) in [6.45, 7) is 5.66. The molecule has 0 saturated heterocycles. The number of rotatable bonds is 8. The van der Waals surface area contributed by atoms with E-state index in [9.17, 15) is 14.4 Å². The first-order valence-corrected chi connectivity index (χ1v) is 10.1. The molecule has 1 aliphatic carbocycles. The van der Waals surface area contributed by atoms with E-state index in [1.807, 2.05) is 20.8 Å². The van der Waals surface area contributed by atoms with Gasteiger partial charge in [-0.25, -0.2) is 10.3 Å². The lowest BCUT2D eigenvalue weighted by Gasteiger charge is -2.37. The number of amides is 4. The maximum atomic E-state index is 13.3. The van der Waals surface area contributed by atoms with Crippen molar-refractivity contribution in [2.45, 2.75) is 46.1 Å². The van der Waals surface area contributed by atoms with E-state index in [1.165, 1.54) is 12.0 Å². The van der Waals surface area contributed by atoms with E-state index in [1.54, 1.807) is 29.7 Å². The largest absolute Gasteiger partial charge is 0.495 e. The molecule has 2 rings (SSSR count). The van der Waals surface area contributed by atoms with Crippen molar-refractivity contribution in [1.29, 1.82) is 0 Å². The van der Waals surface area contributed by atoms with Gasteiger partial charge in [0.2, 0.25) is 5.91 Å². The molecule has 9 nitrogen and oxygen atoms in total. The van der Waals surface area contributed by atoms with Crippen LogP contribution in [0.1, 0.15) is 40.0 Å². The predicted octanol–water partition coefficient (Wildman–Crippen LogP) is 2.37. The van der Waals surface area contributed by atoms with Gasteiger partial charge in [0.1, 0.15) is 18.3 Å². The highest BCUT2D eigenvalue weighted by atomic mass is 16.5. The van der Waals surface area contributed by atoms with E-state index in [-0.39, 0.29) is 12.5 Å². The molecule has 4 N–H and O–H groups in total. The van der Waals surface area contributed by atoms with Gasteiger partial charge in [-0.1, -0.05) is 39.3 Å². The van der Waals surface area contributed by atoms with Crippen molar-refractivity contribution < 1.29 is 24.3 Å². The molecule has 1 aromatic rings. The van der Waals surface area contributed by atoms with Gasteiger partial charge in [-0.3, -0.25) is 14.8 Å². The van der Waals surface area contributed by atoms with Crippen molar-refractivity contribution in [1.82, 2.24) is 15.7 Å². The molecule has 0 radical (unpaired) electrons. The summed E-state index contributed by atoms with van der Waals surface area (Å²) in [4.78, 5) is 39.2. The standard InChI is InChI=1S/C21H32N4O5/c1-21(2,3)18(23-20(28)22-15-10-5-6-11-16(15)30-4)19(27)25(13-17(26)24-29)12-14-8-7-9-14/h5-6,10-11,14,18,29H,7-9,12-13H2,1-4H3,(H,24,26)(H2,22,23,28). The number of hydroxylamine groups is 1. The average Bonchev–Trinajstić information content (AvgIpc) is 2.66. The average molecular weight is 421 g/mol. The van der Waals surface area contributed by atoms with Gasteiger partial charge < -0.3 is 20.3 Å². The second-order valence-electron chi connectivity index (χ2n) is 8.65. The quantitative estimate of drug-likeness (QED) is 0.380. The van der Waals surface area contributed by atoms with Crippen LogP contribution in [0.25, 0.3) is 0 Å². The van der Waals surface area contributed by atoms with Crippen LogP contribution in [-0.2, 0) is 9.59 Å². The number of methoxy groups -OCH3 is 1. The van der Waals surface area contributed by atoms with Gasteiger partial charge >= 0.3 is 6.03 Å². The van der Waals surface area contributed by atoms with E-state index in [2.05, 4.69) is 10.6 Å². The number of anilines is 1. The van der Waals surface area contributed by atoms with Crippen LogP contribution in [0.2, 0.25) is 0 Å². The molecular weight excluding hydrogens is 388 g/mol. The van der Waals surface area contributed by atoms with Gasteiger partial charge in [-0.15, -0.1) is 0 Å². The molecule has 1 aromatic carbocycles. The van der Waals surface area contributed by atoms with Gasteiger partial charge in [-0.05, 0) is 36.3 Å². The SMILES string of the molecule is COc1ccccc1NC(=O)NC(C(=O)N(CC(=O)NO)CC1CCC1)C(C)(C)C. The minimum absolute atomic E-state index is 0.270. The zero-order valence-corrected chi connectivity index (χ0v) is 18.0. The fourth-order valence-corrected chi connectivity index (χ4v) is 3.30. The lowest BCUT2D eigenvalue weighted by Crippen LogP contribution is -2.57. The van der Waals surface area contributed by atoms with Crippen molar-refractivity contribution in [3.8, 4) is 5.75 Å². The molecule has 166 valence electrons. The molecule has 4 amide bonds. The van der Waals surface area contributed by atoms with Gasteiger partial charge in [0.05, 0.1) is 12.8 Å². The number of nitrogens with one attached hydrogen (secondary N) is 3. The monoisotopic (exact) mass is 420 g/mol. The highest BCUT2D eigenvalue weighted by molar-refractivity contribution is 5.96. The number of benzene rings is 1. The Labute approximate surface area is 177 Å². The van der Waals surface area contributed by atoms with Gasteiger partial charge in [0.25, 0.3) is 5.91 Å². The summed E-state index contributed by atoms with van der Waals surface area (Å²) in [6.07, 6.45) is 3.08. The van der Waals surface area contributed by atoms with Crippen LogP contribution >= 0.6 is 0 Å². The fourth-order valence-electron chi connectivity index (χ4n) is 3.30. The summed E-state index contributed by atoms with van der Waals surface area (Å²) in [6, 6.07) is 5.53. The van der Waals surface area contributed by atoms with Gasteiger partial charge in [0.15, 0.2) is 0 Å². The Morgan fingerprint density at radius 2 is 1.90 bits per heavy atom. The molecule has 0 aliphatic heterocycles. The first kappa shape index (κ1) is 23.5. The summed E-state index contributed by atoms with van der Waals surface area (Å²) < 4.78 is 5.24. The number of nitrogens with zero attached hydrogens (tertiary/aromatic N) is 1. The Balaban J connectivity index is 2.16. The molecule has 1 unspecified atom stereocenters. The van der Waals surface area contributed by atoms with Crippen LogP contribution in [0.15, 0.2) is 24.3 Å². The topological polar surface area (TPSA) is 120 Å². The van der Waals surface area contributed by atoms with E-state index < -0.39 is 23.4 Å². The van der Waals surface area contributed by atoms with Crippen molar-refractivity contribution >= 4 is 23.5 Å². The Morgan fingerprint density at radius 1 is 1.23 bits per heavy atom. The lowest BCUT2D eigenvalue weighted by molar-refractivity contribution is -0.143. The zero-order valence-electron chi connectivity index (χ0n) is 18.0. The molecule has 0 heterocycles. The van der Waals surface area contributed by atoms with Crippen LogP contribution in [0.4, 0.5) is 10.5 Å². The normalized spacial score (nSPS) is 14.8. The highest BCUT2D eigenvalue weighted by Gasteiger charge is 2.37. The molecule has 1 fully saturated rings. The number of carbonyl (C=O) groups is 3. The first-order valence-electron chi connectivity index (χ1n) is 10.1. The third-order valence-electron chi connectivity index (χ3n) is 5.22. The summed E-state index contributed by atoms with van der Waals surface area (Å²) >= 11 is 0. The zero-order chi connectivity index (χ0) is 22.3. The van der Waals surface area contributed by atoms with Gasteiger partial charge in [-0.2, -0.15) is 0 Å². The number of ether oxygens (including phenoxy) is 1. The van der Waals surface area contributed by atoms with Crippen molar-refractivity contribution in [2.24, 2.45) is 11.3 Å². The smallest absolute Gasteiger partial charge is 0.320 e. The molecular formula is C21H32N4O5. The number of hydrogen-bond donors (Lipinski definition) is 4. The number of urea groups is 1. The molecule has 0 bridgehead atoms. The minimum Gasteiger partial charge on any atom is -0.495 e. The van der Waals surface area contributed by atoms with Crippen LogP contribution in [0.3, 0.4) is 0 Å². The van der Waals surface area contributed by atoms with Crippen molar-refractivity contribution in [2.75, 3.05) is 25.5 Å². The highest BCUT2D eigenvalue weighted by Crippen LogP contribution is 2.29. The van der Waals surface area contributed by atoms with Crippen molar-refractivity contribution in [3.63, 3.8) is 0 Å². The predicted molar refractivity (Wildman–Crippen MR) is 112 cm³/mol. The third-order valence-corrected chi connectivity index (χ3v) is 5.22. The van der Waals surface area contributed by atoms with E-state index in [0.29, 0.717) is 23.9 Å². The summed E-state index contributed by atoms with van der Waals surface area (Å²) in [5, 5.41) is 14.4. The number of hydrogen-bond acceptors (Lipinski definition) is 5. The summed E-state index contributed by atoms with van der Waals surface area (Å²) in [7, 11) is 1.50. The Hall–Kier alpha value is -2.81. The second-order valence-corrected chi connectivity index (χ2v) is 8.65. The van der Waals surface area contributed by atoms with Crippen LogP contribution in [0, 0.1) is 11.3 Å². The van der Waals surface area contributed by atoms with E-state index >= 15 is 0 Å². The third kappa shape index (κ3) is 6.35. The lowest BCUT2D eigenvalue weighted by atomic mass is 9.83. The van der Waals surface area contributed by atoms with Gasteiger partial charge in [0, 0.05) is 6.54 Å². The number of para-hydroxylation sites is 2. The molecule has 0 spiro atoms.